The van der Waals surface area contributed by atoms with Crippen molar-refractivity contribution in [2.75, 3.05) is 11.9 Å². The van der Waals surface area contributed by atoms with Crippen molar-refractivity contribution in [2.45, 2.75) is 46.5 Å². The van der Waals surface area contributed by atoms with Gasteiger partial charge in [-0.1, -0.05) is 27.7 Å². The molecule has 3 nitrogen and oxygen atoms in total. The molecular formula is C16H22BrN3S. The van der Waals surface area contributed by atoms with E-state index >= 15 is 0 Å². The number of rotatable bonds is 4. The predicted octanol–water partition coefficient (Wildman–Crippen LogP) is 5.40. The molecule has 2 heterocycles. The Labute approximate surface area is 139 Å². The van der Waals surface area contributed by atoms with Crippen LogP contribution in [-0.4, -0.2) is 16.5 Å². The van der Waals surface area contributed by atoms with Crippen molar-refractivity contribution < 1.29 is 0 Å². The first-order valence-electron chi connectivity index (χ1n) is 7.21. The molecule has 0 aliphatic heterocycles. The van der Waals surface area contributed by atoms with Crippen molar-refractivity contribution in [1.82, 2.24) is 9.97 Å². The van der Waals surface area contributed by atoms with Crippen LogP contribution in [0.25, 0.3) is 10.7 Å². The van der Waals surface area contributed by atoms with Gasteiger partial charge in [0.15, 0.2) is 5.82 Å². The maximum Gasteiger partial charge on any atom is 0.171 e. The SMILES string of the molecule is CCCNc1cc(C(C)(C)C)nc(-c2cc(Br)c(C)s2)n1. The van der Waals surface area contributed by atoms with E-state index in [1.54, 1.807) is 11.3 Å². The van der Waals surface area contributed by atoms with Gasteiger partial charge in [-0.2, -0.15) is 0 Å². The van der Waals surface area contributed by atoms with Gasteiger partial charge in [0.1, 0.15) is 5.82 Å². The minimum absolute atomic E-state index is 0.00384. The lowest BCUT2D eigenvalue weighted by molar-refractivity contribution is 0.568. The van der Waals surface area contributed by atoms with E-state index in [1.807, 2.05) is 0 Å². The monoisotopic (exact) mass is 367 g/mol. The molecule has 0 aliphatic rings. The molecule has 0 spiro atoms. The third kappa shape index (κ3) is 4.04. The number of aromatic nitrogens is 2. The average Bonchev–Trinajstić information content (AvgIpc) is 2.75. The lowest BCUT2D eigenvalue weighted by Crippen LogP contribution is -2.16. The highest BCUT2D eigenvalue weighted by molar-refractivity contribution is 9.10. The molecule has 2 aromatic rings. The predicted molar refractivity (Wildman–Crippen MR) is 95.3 cm³/mol. The molecule has 2 aromatic heterocycles. The van der Waals surface area contributed by atoms with Crippen LogP contribution in [0.5, 0.6) is 0 Å². The Balaban J connectivity index is 2.48. The van der Waals surface area contributed by atoms with Crippen molar-refractivity contribution >= 4 is 33.1 Å². The van der Waals surface area contributed by atoms with Crippen molar-refractivity contribution in [3.63, 3.8) is 0 Å². The van der Waals surface area contributed by atoms with E-state index in [4.69, 9.17) is 4.98 Å². The van der Waals surface area contributed by atoms with Crippen molar-refractivity contribution in [3.8, 4) is 10.7 Å². The van der Waals surface area contributed by atoms with Crippen LogP contribution in [0.1, 0.15) is 44.7 Å². The van der Waals surface area contributed by atoms with Crippen LogP contribution < -0.4 is 5.32 Å². The average molecular weight is 368 g/mol. The van der Waals surface area contributed by atoms with Crippen LogP contribution in [0.4, 0.5) is 5.82 Å². The number of anilines is 1. The molecule has 0 amide bonds. The van der Waals surface area contributed by atoms with Gasteiger partial charge in [-0.05, 0) is 35.3 Å². The lowest BCUT2D eigenvalue weighted by atomic mass is 9.92. The minimum atomic E-state index is 0.00384. The van der Waals surface area contributed by atoms with E-state index in [0.717, 1.165) is 39.7 Å². The molecule has 114 valence electrons. The van der Waals surface area contributed by atoms with Crippen LogP contribution in [0.2, 0.25) is 0 Å². The summed E-state index contributed by atoms with van der Waals surface area (Å²) in [5.41, 5.74) is 1.07. The molecule has 0 aliphatic carbocycles. The van der Waals surface area contributed by atoms with Gasteiger partial charge in [-0.3, -0.25) is 0 Å². The summed E-state index contributed by atoms with van der Waals surface area (Å²) < 4.78 is 1.12. The Kier molecular flexibility index (Phi) is 5.04. The molecule has 21 heavy (non-hydrogen) atoms. The Hall–Kier alpha value is -0.940. The summed E-state index contributed by atoms with van der Waals surface area (Å²) in [6.45, 7) is 11.7. The van der Waals surface area contributed by atoms with Crippen LogP contribution in [0.15, 0.2) is 16.6 Å². The highest BCUT2D eigenvalue weighted by Gasteiger charge is 2.19. The summed E-state index contributed by atoms with van der Waals surface area (Å²) in [7, 11) is 0. The van der Waals surface area contributed by atoms with Crippen molar-refractivity contribution in [3.05, 3.63) is 27.2 Å². The van der Waals surface area contributed by atoms with E-state index in [-0.39, 0.29) is 5.41 Å². The van der Waals surface area contributed by atoms with Gasteiger partial charge in [0.25, 0.3) is 0 Å². The molecule has 1 N–H and O–H groups in total. The smallest absolute Gasteiger partial charge is 0.171 e. The van der Waals surface area contributed by atoms with Crippen LogP contribution >= 0.6 is 27.3 Å². The topological polar surface area (TPSA) is 37.8 Å². The number of thiophene rings is 1. The number of aryl methyl sites for hydroxylation is 1. The molecular weight excluding hydrogens is 346 g/mol. The quantitative estimate of drug-likeness (QED) is 0.786. The number of halogens is 1. The molecule has 0 radical (unpaired) electrons. The number of hydrogen-bond donors (Lipinski definition) is 1. The fourth-order valence-electron chi connectivity index (χ4n) is 1.86. The minimum Gasteiger partial charge on any atom is -0.370 e. The second-order valence-electron chi connectivity index (χ2n) is 6.15. The second kappa shape index (κ2) is 6.44. The van der Waals surface area contributed by atoms with Gasteiger partial charge in [0.05, 0.1) is 10.6 Å². The van der Waals surface area contributed by atoms with E-state index in [1.165, 1.54) is 4.88 Å². The number of hydrogen-bond acceptors (Lipinski definition) is 4. The first-order chi connectivity index (χ1) is 9.81. The van der Waals surface area contributed by atoms with E-state index in [9.17, 15) is 0 Å². The van der Waals surface area contributed by atoms with Crippen molar-refractivity contribution in [1.29, 1.82) is 0 Å². The first kappa shape index (κ1) is 16.4. The summed E-state index contributed by atoms with van der Waals surface area (Å²) in [6.07, 6.45) is 1.08. The van der Waals surface area contributed by atoms with Gasteiger partial charge in [-0.25, -0.2) is 9.97 Å². The van der Waals surface area contributed by atoms with Gasteiger partial charge in [0, 0.05) is 27.4 Å². The Morgan fingerprint density at radius 3 is 2.48 bits per heavy atom. The zero-order chi connectivity index (χ0) is 15.6. The maximum atomic E-state index is 4.78. The standard InChI is InChI=1S/C16H22BrN3S/c1-6-7-18-14-9-13(16(3,4)5)19-15(20-14)12-8-11(17)10(2)21-12/h8-9H,6-7H2,1-5H3,(H,18,19,20). The van der Waals surface area contributed by atoms with Crippen LogP contribution in [0, 0.1) is 6.92 Å². The van der Waals surface area contributed by atoms with Gasteiger partial charge >= 0.3 is 0 Å². The largest absolute Gasteiger partial charge is 0.370 e. The molecule has 0 unspecified atom stereocenters. The molecule has 0 saturated heterocycles. The van der Waals surface area contributed by atoms with Gasteiger partial charge < -0.3 is 5.32 Å². The van der Waals surface area contributed by atoms with E-state index < -0.39 is 0 Å². The fraction of sp³-hybridized carbons (Fsp3) is 0.500. The molecule has 0 fully saturated rings. The Morgan fingerprint density at radius 1 is 1.24 bits per heavy atom. The molecule has 5 heteroatoms. The fourth-order valence-corrected chi connectivity index (χ4v) is 3.32. The van der Waals surface area contributed by atoms with Crippen LogP contribution in [0.3, 0.4) is 0 Å². The Morgan fingerprint density at radius 2 is 1.95 bits per heavy atom. The van der Waals surface area contributed by atoms with Gasteiger partial charge in [0.2, 0.25) is 0 Å². The van der Waals surface area contributed by atoms with Gasteiger partial charge in [-0.15, -0.1) is 11.3 Å². The summed E-state index contributed by atoms with van der Waals surface area (Å²) in [5, 5.41) is 3.38. The second-order valence-corrected chi connectivity index (χ2v) is 8.26. The normalized spacial score (nSPS) is 11.7. The van der Waals surface area contributed by atoms with Crippen LogP contribution in [-0.2, 0) is 5.41 Å². The molecule has 0 atom stereocenters. The summed E-state index contributed by atoms with van der Waals surface area (Å²) in [5.74, 6) is 1.72. The third-order valence-corrected chi connectivity index (χ3v) is 5.26. The first-order valence-corrected chi connectivity index (χ1v) is 8.82. The highest BCUT2D eigenvalue weighted by Crippen LogP contribution is 2.34. The number of nitrogens with zero attached hydrogens (tertiary/aromatic N) is 2. The lowest BCUT2D eigenvalue weighted by Gasteiger charge is -2.19. The molecule has 0 saturated carbocycles. The summed E-state index contributed by atoms with van der Waals surface area (Å²) >= 11 is 5.29. The molecule has 0 bridgehead atoms. The zero-order valence-electron chi connectivity index (χ0n) is 13.2. The highest BCUT2D eigenvalue weighted by atomic mass is 79.9. The number of nitrogens with one attached hydrogen (secondary N) is 1. The van der Waals surface area contributed by atoms with E-state index in [2.05, 4.69) is 73.0 Å². The Bertz CT molecular complexity index is 609. The van der Waals surface area contributed by atoms with E-state index in [0.29, 0.717) is 0 Å². The molecule has 0 aromatic carbocycles. The van der Waals surface area contributed by atoms with Crippen molar-refractivity contribution in [2.24, 2.45) is 0 Å². The summed E-state index contributed by atoms with van der Waals surface area (Å²) in [4.78, 5) is 11.8. The third-order valence-electron chi connectivity index (χ3n) is 3.13. The zero-order valence-corrected chi connectivity index (χ0v) is 15.7. The summed E-state index contributed by atoms with van der Waals surface area (Å²) in [6, 6.07) is 4.17. The molecule has 2 rings (SSSR count). The maximum absolute atomic E-state index is 4.78.